The van der Waals surface area contributed by atoms with Crippen LogP contribution in [0.15, 0.2) is 36.4 Å². The molecule has 0 saturated heterocycles. The van der Waals surface area contributed by atoms with E-state index in [0.29, 0.717) is 17.4 Å². The molecule has 3 nitrogen and oxygen atoms in total. The zero-order valence-corrected chi connectivity index (χ0v) is 12.5. The summed E-state index contributed by atoms with van der Waals surface area (Å²) < 4.78 is 0. The Kier molecular flexibility index (Phi) is 3.58. The molecule has 0 aliphatic heterocycles. The van der Waals surface area contributed by atoms with Gasteiger partial charge in [-0.2, -0.15) is 0 Å². The molecule has 3 atom stereocenters. The van der Waals surface area contributed by atoms with Crippen LogP contribution in [0.5, 0.6) is 5.75 Å². The van der Waals surface area contributed by atoms with E-state index in [-0.39, 0.29) is 17.7 Å². The minimum Gasteiger partial charge on any atom is -0.507 e. The summed E-state index contributed by atoms with van der Waals surface area (Å²) in [4.78, 5) is 12.4. The molecule has 0 heterocycles. The fourth-order valence-corrected chi connectivity index (χ4v) is 3.22. The van der Waals surface area contributed by atoms with E-state index < -0.39 is 0 Å². The topological polar surface area (TPSA) is 49.3 Å². The smallest absolute Gasteiger partial charge is 0.255 e. The standard InChI is InChI=1S/C18H21NO2/c1-11-7-8-16(12(11)2)19-18(21)15-9-13-5-3-4-6-14(13)10-17(15)20/h3-6,9-12,16,20H,7-8H2,1-2H3,(H,19,21). The first-order valence-electron chi connectivity index (χ1n) is 7.59. The van der Waals surface area contributed by atoms with Crippen LogP contribution in [0.3, 0.4) is 0 Å². The summed E-state index contributed by atoms with van der Waals surface area (Å²) in [5, 5.41) is 15.1. The van der Waals surface area contributed by atoms with Gasteiger partial charge in [0.2, 0.25) is 0 Å². The van der Waals surface area contributed by atoms with Crippen LogP contribution in [-0.4, -0.2) is 17.1 Å². The minimum atomic E-state index is -0.177. The van der Waals surface area contributed by atoms with Gasteiger partial charge >= 0.3 is 0 Å². The number of nitrogens with one attached hydrogen (secondary N) is 1. The van der Waals surface area contributed by atoms with E-state index in [1.54, 1.807) is 12.1 Å². The Bertz CT molecular complexity index is 680. The number of carbonyl (C=O) groups is 1. The molecule has 2 N–H and O–H groups in total. The van der Waals surface area contributed by atoms with Crippen molar-refractivity contribution >= 4 is 16.7 Å². The molecule has 21 heavy (non-hydrogen) atoms. The average molecular weight is 283 g/mol. The molecule has 0 spiro atoms. The van der Waals surface area contributed by atoms with Crippen LogP contribution < -0.4 is 5.32 Å². The summed E-state index contributed by atoms with van der Waals surface area (Å²) in [5.41, 5.74) is 0.362. The summed E-state index contributed by atoms with van der Waals surface area (Å²) in [6, 6.07) is 11.4. The van der Waals surface area contributed by atoms with Gasteiger partial charge in [-0.3, -0.25) is 4.79 Å². The summed E-state index contributed by atoms with van der Waals surface area (Å²) >= 11 is 0. The van der Waals surface area contributed by atoms with Crippen molar-refractivity contribution in [3.8, 4) is 5.75 Å². The van der Waals surface area contributed by atoms with Crippen molar-refractivity contribution in [2.75, 3.05) is 0 Å². The van der Waals surface area contributed by atoms with Crippen molar-refractivity contribution in [1.29, 1.82) is 0 Å². The minimum absolute atomic E-state index is 0.0462. The second kappa shape index (κ2) is 5.40. The van der Waals surface area contributed by atoms with Gasteiger partial charge in [-0.05, 0) is 47.6 Å². The molecule has 110 valence electrons. The number of rotatable bonds is 2. The Balaban J connectivity index is 1.86. The van der Waals surface area contributed by atoms with Crippen molar-refractivity contribution in [3.05, 3.63) is 42.0 Å². The van der Waals surface area contributed by atoms with Crippen LogP contribution in [0.25, 0.3) is 10.8 Å². The van der Waals surface area contributed by atoms with Gasteiger partial charge < -0.3 is 10.4 Å². The number of hydrogen-bond acceptors (Lipinski definition) is 2. The first-order valence-corrected chi connectivity index (χ1v) is 7.59. The van der Waals surface area contributed by atoms with Crippen LogP contribution in [0.1, 0.15) is 37.0 Å². The number of hydrogen-bond donors (Lipinski definition) is 2. The molecule has 0 bridgehead atoms. The quantitative estimate of drug-likeness (QED) is 0.882. The predicted octanol–water partition coefficient (Wildman–Crippen LogP) is 3.71. The Morgan fingerprint density at radius 3 is 2.43 bits per heavy atom. The van der Waals surface area contributed by atoms with Crippen LogP contribution in [0, 0.1) is 11.8 Å². The van der Waals surface area contributed by atoms with Crippen molar-refractivity contribution < 1.29 is 9.90 Å². The lowest BCUT2D eigenvalue weighted by Gasteiger charge is -2.20. The molecule has 2 aromatic rings. The van der Waals surface area contributed by atoms with Crippen LogP contribution in [0.4, 0.5) is 0 Å². The number of aromatic hydroxyl groups is 1. The lowest BCUT2D eigenvalue weighted by atomic mass is 9.97. The highest BCUT2D eigenvalue weighted by Gasteiger charge is 2.31. The fourth-order valence-electron chi connectivity index (χ4n) is 3.22. The zero-order valence-electron chi connectivity index (χ0n) is 12.5. The highest BCUT2D eigenvalue weighted by molar-refractivity contribution is 6.01. The van der Waals surface area contributed by atoms with E-state index in [9.17, 15) is 9.90 Å². The SMILES string of the molecule is CC1CCC(NC(=O)c2cc3ccccc3cc2O)C1C. The maximum atomic E-state index is 12.4. The molecule has 3 heteroatoms. The lowest BCUT2D eigenvalue weighted by Crippen LogP contribution is -2.37. The van der Waals surface area contributed by atoms with Crippen molar-refractivity contribution in [2.24, 2.45) is 11.8 Å². The largest absolute Gasteiger partial charge is 0.507 e. The van der Waals surface area contributed by atoms with Gasteiger partial charge in [-0.15, -0.1) is 0 Å². The molecule has 1 saturated carbocycles. The first kappa shape index (κ1) is 13.9. The summed E-state index contributed by atoms with van der Waals surface area (Å²) in [6.07, 6.45) is 2.16. The van der Waals surface area contributed by atoms with E-state index in [1.165, 1.54) is 0 Å². The maximum Gasteiger partial charge on any atom is 0.255 e. The predicted molar refractivity (Wildman–Crippen MR) is 84.4 cm³/mol. The molecule has 3 unspecified atom stereocenters. The fraction of sp³-hybridized carbons (Fsp3) is 0.389. The summed E-state index contributed by atoms with van der Waals surface area (Å²) in [7, 11) is 0. The number of fused-ring (bicyclic) bond motifs is 1. The Morgan fingerprint density at radius 2 is 1.81 bits per heavy atom. The van der Waals surface area contributed by atoms with Crippen molar-refractivity contribution in [3.63, 3.8) is 0 Å². The number of phenols is 1. The van der Waals surface area contributed by atoms with E-state index in [4.69, 9.17) is 0 Å². The number of amides is 1. The van der Waals surface area contributed by atoms with Gasteiger partial charge in [0.25, 0.3) is 5.91 Å². The van der Waals surface area contributed by atoms with Gasteiger partial charge in [-0.25, -0.2) is 0 Å². The molecule has 1 aliphatic carbocycles. The third kappa shape index (κ3) is 2.60. The lowest BCUT2D eigenvalue weighted by molar-refractivity contribution is 0.0925. The third-order valence-corrected chi connectivity index (χ3v) is 4.89. The van der Waals surface area contributed by atoms with E-state index >= 15 is 0 Å². The Morgan fingerprint density at radius 1 is 1.14 bits per heavy atom. The van der Waals surface area contributed by atoms with Crippen molar-refractivity contribution in [1.82, 2.24) is 5.32 Å². The number of phenolic OH excluding ortho intramolecular Hbond substituents is 1. The molecule has 1 aliphatic rings. The Labute approximate surface area is 125 Å². The molecule has 1 amide bonds. The van der Waals surface area contributed by atoms with Crippen LogP contribution >= 0.6 is 0 Å². The normalized spacial score (nSPS) is 25.1. The molecule has 0 radical (unpaired) electrons. The van der Waals surface area contributed by atoms with Gasteiger partial charge in [0.1, 0.15) is 5.75 Å². The van der Waals surface area contributed by atoms with Crippen molar-refractivity contribution in [2.45, 2.75) is 32.7 Å². The molecular weight excluding hydrogens is 262 g/mol. The number of carbonyl (C=O) groups excluding carboxylic acids is 1. The molecular formula is C18H21NO2. The highest BCUT2D eigenvalue weighted by atomic mass is 16.3. The van der Waals surface area contributed by atoms with Gasteiger partial charge in [-0.1, -0.05) is 38.1 Å². The van der Waals surface area contributed by atoms with Gasteiger partial charge in [0, 0.05) is 6.04 Å². The first-order chi connectivity index (χ1) is 10.1. The van der Waals surface area contributed by atoms with Gasteiger partial charge in [0.15, 0.2) is 0 Å². The molecule has 1 fully saturated rings. The van der Waals surface area contributed by atoms with Crippen LogP contribution in [0.2, 0.25) is 0 Å². The number of benzene rings is 2. The monoisotopic (exact) mass is 283 g/mol. The molecule has 0 aromatic heterocycles. The van der Waals surface area contributed by atoms with Gasteiger partial charge in [0.05, 0.1) is 5.56 Å². The molecule has 3 rings (SSSR count). The molecule has 2 aromatic carbocycles. The summed E-state index contributed by atoms with van der Waals surface area (Å²) in [5.74, 6) is 0.992. The summed E-state index contributed by atoms with van der Waals surface area (Å²) in [6.45, 7) is 4.41. The van der Waals surface area contributed by atoms with E-state index in [0.717, 1.165) is 23.6 Å². The van der Waals surface area contributed by atoms with Crippen LogP contribution in [-0.2, 0) is 0 Å². The average Bonchev–Trinajstić information content (AvgIpc) is 2.78. The van der Waals surface area contributed by atoms with E-state index in [1.807, 2.05) is 24.3 Å². The third-order valence-electron chi connectivity index (χ3n) is 4.89. The highest BCUT2D eigenvalue weighted by Crippen LogP contribution is 2.32. The van der Waals surface area contributed by atoms with E-state index in [2.05, 4.69) is 19.2 Å². The maximum absolute atomic E-state index is 12.4. The second-order valence-electron chi connectivity index (χ2n) is 6.21. The Hall–Kier alpha value is -2.03. The zero-order chi connectivity index (χ0) is 15.0. The second-order valence-corrected chi connectivity index (χ2v) is 6.21.